The van der Waals surface area contributed by atoms with Gasteiger partial charge in [-0.15, -0.1) is 0 Å². The summed E-state index contributed by atoms with van der Waals surface area (Å²) in [7, 11) is 0. The van der Waals surface area contributed by atoms with Gasteiger partial charge in [0, 0.05) is 0 Å². The molecule has 0 aromatic carbocycles. The van der Waals surface area contributed by atoms with E-state index in [0.29, 0.717) is 23.7 Å². The minimum atomic E-state index is 0.412. The third-order valence-electron chi connectivity index (χ3n) is 2.81. The van der Waals surface area contributed by atoms with Crippen molar-refractivity contribution in [2.75, 3.05) is 0 Å². The maximum atomic E-state index is 5.79. The van der Waals surface area contributed by atoms with Crippen molar-refractivity contribution in [1.82, 2.24) is 5.01 Å². The lowest BCUT2D eigenvalue weighted by atomic mass is 9.94. The van der Waals surface area contributed by atoms with Crippen molar-refractivity contribution in [3.8, 4) is 0 Å². The minimum Gasteiger partial charge on any atom is -0.382 e. The van der Waals surface area contributed by atoms with E-state index in [1.807, 2.05) is 5.01 Å². The number of aliphatic imine (C=N–C) groups is 1. The molecule has 0 aromatic rings. The number of nitrogens with zero attached hydrogens (tertiary/aromatic N) is 3. The van der Waals surface area contributed by atoms with Crippen molar-refractivity contribution in [2.45, 2.75) is 26.8 Å². The predicted octanol–water partition coefficient (Wildman–Crippen LogP) is 1.16. The first-order chi connectivity index (χ1) is 6.61. The lowest BCUT2D eigenvalue weighted by Crippen LogP contribution is -2.38. The molecule has 76 valence electrons. The monoisotopic (exact) mass is 192 g/mol. The maximum Gasteiger partial charge on any atom is 0.150 e. The maximum absolute atomic E-state index is 5.79. The lowest BCUT2D eigenvalue weighted by molar-refractivity contribution is 0.205. The van der Waals surface area contributed by atoms with Gasteiger partial charge in [-0.05, 0) is 11.8 Å². The topological polar surface area (TPSA) is 54.0 Å². The quantitative estimate of drug-likeness (QED) is 0.677. The molecule has 0 bridgehead atoms. The number of amidine groups is 1. The van der Waals surface area contributed by atoms with Gasteiger partial charge >= 0.3 is 0 Å². The van der Waals surface area contributed by atoms with Gasteiger partial charge in [-0.3, -0.25) is 5.01 Å². The average Bonchev–Trinajstić information content (AvgIpc) is 2.42. The fourth-order valence-corrected chi connectivity index (χ4v) is 2.25. The van der Waals surface area contributed by atoms with Crippen LogP contribution in [0.15, 0.2) is 21.9 Å². The summed E-state index contributed by atoms with van der Waals surface area (Å²) in [5, 5.41) is 6.27. The molecule has 0 aliphatic carbocycles. The zero-order valence-corrected chi connectivity index (χ0v) is 8.81. The summed E-state index contributed by atoms with van der Waals surface area (Å²) in [6.45, 7) is 6.60. The van der Waals surface area contributed by atoms with E-state index in [2.05, 4.69) is 36.9 Å². The van der Waals surface area contributed by atoms with E-state index in [0.717, 1.165) is 5.70 Å². The summed E-state index contributed by atoms with van der Waals surface area (Å²) in [6, 6.07) is 0.412. The van der Waals surface area contributed by atoms with Crippen LogP contribution in [0.4, 0.5) is 0 Å². The van der Waals surface area contributed by atoms with Gasteiger partial charge in [0.05, 0.1) is 11.7 Å². The van der Waals surface area contributed by atoms with Crippen LogP contribution in [0.2, 0.25) is 0 Å². The van der Waals surface area contributed by atoms with Gasteiger partial charge in [0.1, 0.15) is 6.34 Å². The molecule has 0 radical (unpaired) electrons. The van der Waals surface area contributed by atoms with Crippen LogP contribution in [0.25, 0.3) is 0 Å². The van der Waals surface area contributed by atoms with Gasteiger partial charge in [-0.25, -0.2) is 4.99 Å². The van der Waals surface area contributed by atoms with Crippen LogP contribution in [-0.2, 0) is 0 Å². The molecule has 2 N–H and O–H groups in total. The van der Waals surface area contributed by atoms with Crippen LogP contribution in [0, 0.1) is 11.8 Å². The molecule has 2 heterocycles. The number of nitrogens with two attached hydrogens (primary N) is 1. The highest BCUT2D eigenvalue weighted by molar-refractivity contribution is 6.02. The molecular formula is C10H16N4. The average molecular weight is 192 g/mol. The highest BCUT2D eigenvalue weighted by Gasteiger charge is 2.36. The molecule has 4 nitrogen and oxygen atoms in total. The van der Waals surface area contributed by atoms with Crippen LogP contribution in [0.1, 0.15) is 20.8 Å². The molecule has 0 saturated carbocycles. The highest BCUT2D eigenvalue weighted by atomic mass is 15.5. The number of fused-ring (bicyclic) bond motifs is 1. The molecule has 0 fully saturated rings. The SMILES string of the molecule is CC(C)C1C(C)C=C2C(N)=NC=NN21. The van der Waals surface area contributed by atoms with Crippen molar-refractivity contribution in [3.63, 3.8) is 0 Å². The molecule has 0 spiro atoms. The van der Waals surface area contributed by atoms with Crippen molar-refractivity contribution in [3.05, 3.63) is 11.8 Å². The Kier molecular flexibility index (Phi) is 2.06. The molecule has 2 rings (SSSR count). The largest absolute Gasteiger partial charge is 0.382 e. The second-order valence-corrected chi connectivity index (χ2v) is 4.24. The van der Waals surface area contributed by atoms with Gasteiger partial charge in [0.15, 0.2) is 5.84 Å². The Morgan fingerprint density at radius 2 is 2.21 bits per heavy atom. The van der Waals surface area contributed by atoms with E-state index in [4.69, 9.17) is 5.73 Å². The summed E-state index contributed by atoms with van der Waals surface area (Å²) >= 11 is 0. The molecule has 14 heavy (non-hydrogen) atoms. The molecule has 0 amide bonds. The van der Waals surface area contributed by atoms with Crippen molar-refractivity contribution < 1.29 is 0 Å². The second-order valence-electron chi connectivity index (χ2n) is 4.24. The predicted molar refractivity (Wildman–Crippen MR) is 57.8 cm³/mol. The normalized spacial score (nSPS) is 30.4. The Morgan fingerprint density at radius 3 is 2.86 bits per heavy atom. The van der Waals surface area contributed by atoms with E-state index in [-0.39, 0.29) is 0 Å². The summed E-state index contributed by atoms with van der Waals surface area (Å²) in [5.41, 5.74) is 6.76. The fraction of sp³-hybridized carbons (Fsp3) is 0.600. The Bertz CT molecular complexity index is 327. The molecule has 4 heteroatoms. The zero-order valence-electron chi connectivity index (χ0n) is 8.81. The Balaban J connectivity index is 2.32. The molecule has 0 aromatic heterocycles. The summed E-state index contributed by atoms with van der Waals surface area (Å²) in [5.74, 6) is 1.62. The van der Waals surface area contributed by atoms with E-state index in [1.54, 1.807) is 0 Å². The number of hydrazone groups is 1. The number of hydrogen-bond acceptors (Lipinski definition) is 4. The lowest BCUT2D eigenvalue weighted by Gasteiger charge is -2.30. The Hall–Kier alpha value is -1.32. The van der Waals surface area contributed by atoms with Crippen LogP contribution in [0.3, 0.4) is 0 Å². The molecular weight excluding hydrogens is 176 g/mol. The van der Waals surface area contributed by atoms with Gasteiger partial charge in [-0.1, -0.05) is 26.8 Å². The van der Waals surface area contributed by atoms with Crippen molar-refractivity contribution >= 4 is 12.2 Å². The summed E-state index contributed by atoms with van der Waals surface area (Å²) in [4.78, 5) is 3.99. The van der Waals surface area contributed by atoms with Gasteiger partial charge < -0.3 is 5.73 Å². The fourth-order valence-electron chi connectivity index (χ4n) is 2.25. The highest BCUT2D eigenvalue weighted by Crippen LogP contribution is 2.32. The molecule has 2 unspecified atom stereocenters. The van der Waals surface area contributed by atoms with Gasteiger partial charge in [0.25, 0.3) is 0 Å². The van der Waals surface area contributed by atoms with E-state index >= 15 is 0 Å². The summed E-state index contributed by atoms with van der Waals surface area (Å²) in [6.07, 6.45) is 3.68. The molecule has 2 aliphatic heterocycles. The Morgan fingerprint density at radius 1 is 1.50 bits per heavy atom. The first-order valence-corrected chi connectivity index (χ1v) is 4.98. The zero-order chi connectivity index (χ0) is 10.3. The first-order valence-electron chi connectivity index (χ1n) is 4.98. The Labute approximate surface area is 84.2 Å². The van der Waals surface area contributed by atoms with Crippen molar-refractivity contribution in [2.24, 2.45) is 27.7 Å². The van der Waals surface area contributed by atoms with E-state index in [9.17, 15) is 0 Å². The smallest absolute Gasteiger partial charge is 0.150 e. The van der Waals surface area contributed by atoms with E-state index in [1.165, 1.54) is 6.34 Å². The second kappa shape index (κ2) is 3.12. The van der Waals surface area contributed by atoms with E-state index < -0.39 is 0 Å². The third kappa shape index (κ3) is 1.22. The molecule has 2 aliphatic rings. The third-order valence-corrected chi connectivity index (χ3v) is 2.81. The minimum absolute atomic E-state index is 0.412. The first kappa shape index (κ1) is 9.24. The molecule has 0 saturated heterocycles. The van der Waals surface area contributed by atoms with Crippen LogP contribution in [-0.4, -0.2) is 23.2 Å². The van der Waals surface area contributed by atoms with Gasteiger partial charge in [-0.2, -0.15) is 5.10 Å². The van der Waals surface area contributed by atoms with Gasteiger partial charge in [0.2, 0.25) is 0 Å². The van der Waals surface area contributed by atoms with Crippen LogP contribution < -0.4 is 5.73 Å². The molecule has 2 atom stereocenters. The van der Waals surface area contributed by atoms with Crippen LogP contribution in [0.5, 0.6) is 0 Å². The summed E-state index contributed by atoms with van der Waals surface area (Å²) < 4.78 is 0. The van der Waals surface area contributed by atoms with Crippen molar-refractivity contribution in [1.29, 1.82) is 0 Å². The standard InChI is InChI=1S/C10H16N4/c1-6(2)9-7(3)4-8-10(11)12-5-13-14(8)9/h4-7,9H,1-3H3,(H2,11,12,13). The number of rotatable bonds is 1. The van der Waals surface area contributed by atoms with Crippen LogP contribution >= 0.6 is 0 Å². The number of hydrogen-bond donors (Lipinski definition) is 1.